The van der Waals surface area contributed by atoms with Crippen LogP contribution in [0.5, 0.6) is 5.75 Å². The molecule has 0 saturated carbocycles. The van der Waals surface area contributed by atoms with Crippen molar-refractivity contribution in [3.05, 3.63) is 59.7 Å². The summed E-state index contributed by atoms with van der Waals surface area (Å²) < 4.78 is 33.3. The minimum atomic E-state index is -3.18. The SMILES string of the molecule is CCCS(=O)(=O)NC1CN(c2ccc3c(c2)[C@H](Cc2ccccc2)[C@H](N(CC)CC)CO3)C1. The van der Waals surface area contributed by atoms with Gasteiger partial charge in [-0.15, -0.1) is 0 Å². The number of likely N-dealkylation sites (N-methyl/N-ethyl adjacent to an activating group) is 1. The van der Waals surface area contributed by atoms with Crippen molar-refractivity contribution in [2.24, 2.45) is 0 Å². The van der Waals surface area contributed by atoms with Crippen LogP contribution in [0.25, 0.3) is 0 Å². The summed E-state index contributed by atoms with van der Waals surface area (Å²) in [5, 5.41) is 0. The van der Waals surface area contributed by atoms with E-state index in [4.69, 9.17) is 4.74 Å². The van der Waals surface area contributed by atoms with E-state index in [1.54, 1.807) is 0 Å². The monoisotopic (exact) mass is 471 g/mol. The van der Waals surface area contributed by atoms with Crippen LogP contribution in [0.15, 0.2) is 48.5 Å². The molecule has 1 N–H and O–H groups in total. The molecule has 2 aromatic rings. The fraction of sp³-hybridized carbons (Fsp3) is 0.538. The molecule has 2 aliphatic rings. The lowest BCUT2D eigenvalue weighted by atomic mass is 9.82. The van der Waals surface area contributed by atoms with E-state index in [1.165, 1.54) is 11.1 Å². The predicted molar refractivity (Wildman–Crippen MR) is 135 cm³/mol. The molecule has 2 aromatic carbocycles. The highest BCUT2D eigenvalue weighted by Crippen LogP contribution is 2.40. The molecule has 0 unspecified atom stereocenters. The van der Waals surface area contributed by atoms with Crippen molar-refractivity contribution < 1.29 is 13.2 Å². The largest absolute Gasteiger partial charge is 0.492 e. The van der Waals surface area contributed by atoms with Gasteiger partial charge in [0.1, 0.15) is 12.4 Å². The summed E-state index contributed by atoms with van der Waals surface area (Å²) in [7, 11) is -3.18. The summed E-state index contributed by atoms with van der Waals surface area (Å²) in [6.45, 7) is 10.4. The Labute approximate surface area is 199 Å². The number of sulfonamides is 1. The molecule has 2 heterocycles. The zero-order chi connectivity index (χ0) is 23.4. The van der Waals surface area contributed by atoms with Crippen LogP contribution in [0.1, 0.15) is 44.2 Å². The van der Waals surface area contributed by atoms with E-state index in [-0.39, 0.29) is 11.8 Å². The number of nitrogens with one attached hydrogen (secondary N) is 1. The van der Waals surface area contributed by atoms with E-state index < -0.39 is 10.0 Å². The molecular weight excluding hydrogens is 434 g/mol. The number of hydrogen-bond donors (Lipinski definition) is 1. The maximum absolute atomic E-state index is 12.1. The molecule has 7 heteroatoms. The molecule has 33 heavy (non-hydrogen) atoms. The molecule has 0 bridgehead atoms. The Morgan fingerprint density at radius 3 is 2.45 bits per heavy atom. The standard InChI is InChI=1S/C26H37N3O3S/c1-4-14-33(30,31)27-21-17-29(18-21)22-12-13-26-24(16-22)23(15-20-10-8-7-9-11-20)25(19-32-26)28(5-2)6-3/h7-13,16,21,23,25,27H,4-6,14-15,17-19H2,1-3H3/t23-,25+/m0/s1. The number of hydrogen-bond acceptors (Lipinski definition) is 5. The van der Waals surface area contributed by atoms with Gasteiger partial charge in [0.05, 0.1) is 17.8 Å². The number of ether oxygens (including phenoxy) is 1. The highest BCUT2D eigenvalue weighted by molar-refractivity contribution is 7.89. The zero-order valence-electron chi connectivity index (χ0n) is 20.0. The number of rotatable bonds is 10. The zero-order valence-corrected chi connectivity index (χ0v) is 20.9. The van der Waals surface area contributed by atoms with Crippen molar-refractivity contribution in [2.45, 2.75) is 51.6 Å². The van der Waals surface area contributed by atoms with Crippen LogP contribution in [0.2, 0.25) is 0 Å². The summed E-state index contributed by atoms with van der Waals surface area (Å²) in [6, 6.07) is 17.5. The third-order valence-corrected chi connectivity index (χ3v) is 8.55. The Hall–Kier alpha value is -2.09. The van der Waals surface area contributed by atoms with E-state index in [1.807, 2.05) is 6.92 Å². The van der Waals surface area contributed by atoms with Crippen LogP contribution in [-0.2, 0) is 16.4 Å². The lowest BCUT2D eigenvalue weighted by molar-refractivity contribution is 0.105. The summed E-state index contributed by atoms with van der Waals surface area (Å²) in [4.78, 5) is 4.76. The topological polar surface area (TPSA) is 61.9 Å². The average Bonchev–Trinajstić information content (AvgIpc) is 2.78. The molecule has 2 atom stereocenters. The van der Waals surface area contributed by atoms with Crippen LogP contribution in [0, 0.1) is 0 Å². The summed E-state index contributed by atoms with van der Waals surface area (Å²) in [5.74, 6) is 1.51. The normalized spacial score (nSPS) is 20.9. The molecule has 180 valence electrons. The molecule has 0 spiro atoms. The van der Waals surface area contributed by atoms with Crippen molar-refractivity contribution in [3.63, 3.8) is 0 Å². The van der Waals surface area contributed by atoms with Gasteiger partial charge in [0, 0.05) is 30.3 Å². The van der Waals surface area contributed by atoms with Gasteiger partial charge >= 0.3 is 0 Å². The highest BCUT2D eigenvalue weighted by atomic mass is 32.2. The molecule has 0 aliphatic carbocycles. The first-order chi connectivity index (χ1) is 15.9. The Bertz CT molecular complexity index is 1020. The van der Waals surface area contributed by atoms with Crippen molar-refractivity contribution in [1.82, 2.24) is 9.62 Å². The number of anilines is 1. The number of fused-ring (bicyclic) bond motifs is 1. The van der Waals surface area contributed by atoms with E-state index in [9.17, 15) is 8.42 Å². The van der Waals surface area contributed by atoms with E-state index in [2.05, 4.69) is 76.9 Å². The maximum atomic E-state index is 12.1. The average molecular weight is 472 g/mol. The van der Waals surface area contributed by atoms with Crippen molar-refractivity contribution >= 4 is 15.7 Å². The first-order valence-electron chi connectivity index (χ1n) is 12.2. The third kappa shape index (κ3) is 5.53. The van der Waals surface area contributed by atoms with Crippen LogP contribution >= 0.6 is 0 Å². The molecule has 0 aromatic heterocycles. The lowest BCUT2D eigenvalue weighted by Gasteiger charge is -2.43. The second-order valence-electron chi connectivity index (χ2n) is 9.16. The lowest BCUT2D eigenvalue weighted by Crippen LogP contribution is -2.59. The van der Waals surface area contributed by atoms with Gasteiger partial charge in [-0.2, -0.15) is 0 Å². The number of nitrogens with zero attached hydrogens (tertiary/aromatic N) is 2. The molecule has 2 aliphatic heterocycles. The molecule has 0 radical (unpaired) electrons. The molecule has 4 rings (SSSR count). The smallest absolute Gasteiger partial charge is 0.211 e. The van der Waals surface area contributed by atoms with Gasteiger partial charge in [0.2, 0.25) is 10.0 Å². The minimum Gasteiger partial charge on any atom is -0.492 e. The van der Waals surface area contributed by atoms with E-state index in [0.29, 0.717) is 38.1 Å². The van der Waals surface area contributed by atoms with Gasteiger partial charge in [0.25, 0.3) is 0 Å². The fourth-order valence-electron chi connectivity index (χ4n) is 5.16. The summed E-state index contributed by atoms with van der Waals surface area (Å²) in [5.41, 5.74) is 3.74. The first kappa shape index (κ1) is 24.0. The molecule has 0 amide bonds. The summed E-state index contributed by atoms with van der Waals surface area (Å²) in [6.07, 6.45) is 1.61. The van der Waals surface area contributed by atoms with E-state index >= 15 is 0 Å². The Morgan fingerprint density at radius 2 is 1.79 bits per heavy atom. The second kappa shape index (κ2) is 10.5. The molecule has 1 fully saturated rings. The minimum absolute atomic E-state index is 0.0163. The van der Waals surface area contributed by atoms with Gasteiger partial charge in [-0.1, -0.05) is 51.1 Å². The summed E-state index contributed by atoms with van der Waals surface area (Å²) >= 11 is 0. The van der Waals surface area contributed by atoms with Crippen molar-refractivity contribution in [1.29, 1.82) is 0 Å². The fourth-order valence-corrected chi connectivity index (χ4v) is 6.48. The van der Waals surface area contributed by atoms with Gasteiger partial charge in [-0.05, 0) is 49.7 Å². The first-order valence-corrected chi connectivity index (χ1v) is 13.9. The van der Waals surface area contributed by atoms with Gasteiger partial charge < -0.3 is 9.64 Å². The van der Waals surface area contributed by atoms with Crippen LogP contribution in [-0.4, -0.2) is 63.9 Å². The highest BCUT2D eigenvalue weighted by Gasteiger charge is 2.36. The predicted octanol–water partition coefficient (Wildman–Crippen LogP) is 3.63. The Balaban J connectivity index is 1.55. The Morgan fingerprint density at radius 1 is 1.06 bits per heavy atom. The van der Waals surface area contributed by atoms with Crippen molar-refractivity contribution in [3.8, 4) is 5.75 Å². The van der Waals surface area contributed by atoms with Crippen LogP contribution < -0.4 is 14.4 Å². The maximum Gasteiger partial charge on any atom is 0.211 e. The van der Waals surface area contributed by atoms with Gasteiger partial charge in [-0.25, -0.2) is 13.1 Å². The molecule has 6 nitrogen and oxygen atoms in total. The molecular formula is C26H37N3O3S. The van der Waals surface area contributed by atoms with Crippen molar-refractivity contribution in [2.75, 3.05) is 43.4 Å². The van der Waals surface area contributed by atoms with Crippen LogP contribution in [0.3, 0.4) is 0 Å². The second-order valence-corrected chi connectivity index (χ2v) is 11.0. The van der Waals surface area contributed by atoms with E-state index in [0.717, 1.165) is 30.9 Å². The third-order valence-electron chi connectivity index (χ3n) is 6.91. The van der Waals surface area contributed by atoms with Gasteiger partial charge in [-0.3, -0.25) is 4.90 Å². The van der Waals surface area contributed by atoms with Crippen LogP contribution in [0.4, 0.5) is 5.69 Å². The Kier molecular flexibility index (Phi) is 7.62. The number of benzene rings is 2. The molecule has 1 saturated heterocycles. The quantitative estimate of drug-likeness (QED) is 0.573. The van der Waals surface area contributed by atoms with Gasteiger partial charge in [0.15, 0.2) is 0 Å².